The van der Waals surface area contributed by atoms with E-state index in [1.54, 1.807) is 0 Å². The molecule has 166 valence electrons. The molecule has 1 saturated heterocycles. The molecule has 2 heterocycles. The number of hydrogen-bond donors (Lipinski definition) is 1. The highest BCUT2D eigenvalue weighted by atomic mass is 19.4. The van der Waals surface area contributed by atoms with Crippen molar-refractivity contribution in [2.45, 2.75) is 18.7 Å². The smallest absolute Gasteiger partial charge is 0.407 e. The van der Waals surface area contributed by atoms with Gasteiger partial charge in [0.05, 0.1) is 5.92 Å². The molecule has 32 heavy (non-hydrogen) atoms. The number of aromatic nitrogens is 2. The first kappa shape index (κ1) is 21.3. The zero-order valence-corrected chi connectivity index (χ0v) is 16.1. The summed E-state index contributed by atoms with van der Waals surface area (Å²) in [7, 11) is 0. The molecule has 0 radical (unpaired) electrons. The standard InChI is InChI=1S/C20H14F4N4O4/c21-13-3-1-11(2-4-13)17(30)25-19-27-26-18(31-19)12-9-16(29)28(10-12)14-5-7-15(8-6-14)32-20(22,23)24/h1-8,12H,9-10H2,(H,25,27,30). The molecule has 0 spiro atoms. The normalized spacial score (nSPS) is 16.3. The summed E-state index contributed by atoms with van der Waals surface area (Å²) in [6.07, 6.45) is -4.77. The predicted octanol–water partition coefficient (Wildman–Crippen LogP) is 3.88. The predicted molar refractivity (Wildman–Crippen MR) is 101 cm³/mol. The van der Waals surface area contributed by atoms with Crippen LogP contribution >= 0.6 is 0 Å². The van der Waals surface area contributed by atoms with E-state index in [0.717, 1.165) is 24.3 Å². The Morgan fingerprint density at radius 1 is 1.09 bits per heavy atom. The lowest BCUT2D eigenvalue weighted by atomic mass is 10.1. The summed E-state index contributed by atoms with van der Waals surface area (Å²) in [5, 5.41) is 9.99. The molecule has 12 heteroatoms. The zero-order chi connectivity index (χ0) is 22.9. The number of nitrogens with zero attached hydrogens (tertiary/aromatic N) is 3. The molecule has 1 fully saturated rings. The summed E-state index contributed by atoms with van der Waals surface area (Å²) in [5.74, 6) is -2.10. The fourth-order valence-electron chi connectivity index (χ4n) is 3.17. The Labute approximate surface area is 177 Å². The molecule has 1 aliphatic rings. The van der Waals surface area contributed by atoms with Gasteiger partial charge in [0.2, 0.25) is 11.8 Å². The topological polar surface area (TPSA) is 97.6 Å². The average molecular weight is 450 g/mol. The van der Waals surface area contributed by atoms with Crippen molar-refractivity contribution in [1.82, 2.24) is 10.2 Å². The highest BCUT2D eigenvalue weighted by Crippen LogP contribution is 2.33. The number of carbonyl (C=O) groups is 2. The maximum Gasteiger partial charge on any atom is 0.573 e. The second-order valence-corrected chi connectivity index (χ2v) is 6.85. The lowest BCUT2D eigenvalue weighted by Crippen LogP contribution is -2.24. The first-order chi connectivity index (χ1) is 15.2. The molecule has 8 nitrogen and oxygen atoms in total. The minimum atomic E-state index is -4.81. The molecule has 0 bridgehead atoms. The number of alkyl halides is 3. The molecule has 2 amide bonds. The van der Waals surface area contributed by atoms with Gasteiger partial charge in [-0.25, -0.2) is 4.39 Å². The summed E-state index contributed by atoms with van der Waals surface area (Å²) < 4.78 is 59.1. The fraction of sp³-hybridized carbons (Fsp3) is 0.200. The third kappa shape index (κ3) is 4.85. The van der Waals surface area contributed by atoms with E-state index < -0.39 is 29.8 Å². The van der Waals surface area contributed by atoms with E-state index in [1.807, 2.05) is 0 Å². The van der Waals surface area contributed by atoms with Gasteiger partial charge in [-0.05, 0) is 48.5 Å². The Bertz CT molecular complexity index is 1130. The second-order valence-electron chi connectivity index (χ2n) is 6.85. The molecule has 0 saturated carbocycles. The van der Waals surface area contributed by atoms with Gasteiger partial charge in [0, 0.05) is 24.2 Å². The number of carbonyl (C=O) groups excluding carboxylic acids is 2. The van der Waals surface area contributed by atoms with Crippen LogP contribution in [0.2, 0.25) is 0 Å². The number of benzene rings is 2. The monoisotopic (exact) mass is 450 g/mol. The van der Waals surface area contributed by atoms with Gasteiger partial charge in [-0.3, -0.25) is 14.9 Å². The number of amides is 2. The van der Waals surface area contributed by atoms with Gasteiger partial charge in [0.15, 0.2) is 0 Å². The van der Waals surface area contributed by atoms with E-state index in [2.05, 4.69) is 20.3 Å². The molecular weight excluding hydrogens is 436 g/mol. The highest BCUT2D eigenvalue weighted by molar-refractivity contribution is 6.03. The third-order valence-corrected chi connectivity index (χ3v) is 4.62. The largest absolute Gasteiger partial charge is 0.573 e. The molecule has 2 aromatic carbocycles. The Kier molecular flexibility index (Phi) is 5.51. The highest BCUT2D eigenvalue weighted by Gasteiger charge is 2.35. The molecule has 1 aromatic heterocycles. The van der Waals surface area contributed by atoms with Crippen LogP contribution in [-0.4, -0.2) is 34.9 Å². The minimum Gasteiger partial charge on any atom is -0.407 e. The van der Waals surface area contributed by atoms with Crippen LogP contribution in [0.3, 0.4) is 0 Å². The summed E-state index contributed by atoms with van der Waals surface area (Å²) in [6, 6.07) is 9.56. The van der Waals surface area contributed by atoms with Crippen molar-refractivity contribution in [3.05, 3.63) is 65.8 Å². The Balaban J connectivity index is 1.40. The van der Waals surface area contributed by atoms with Gasteiger partial charge in [0.25, 0.3) is 5.91 Å². The molecule has 1 N–H and O–H groups in total. The molecule has 1 unspecified atom stereocenters. The molecular formula is C20H14F4N4O4. The molecule has 1 aliphatic heterocycles. The van der Waals surface area contributed by atoms with Gasteiger partial charge >= 0.3 is 12.4 Å². The van der Waals surface area contributed by atoms with Crippen LogP contribution in [0, 0.1) is 5.82 Å². The fourth-order valence-corrected chi connectivity index (χ4v) is 3.17. The van der Waals surface area contributed by atoms with Gasteiger partial charge in [-0.15, -0.1) is 18.3 Å². The SMILES string of the molecule is O=C(Nc1nnc(C2CC(=O)N(c3ccc(OC(F)(F)F)cc3)C2)o1)c1ccc(F)cc1. The lowest BCUT2D eigenvalue weighted by molar-refractivity contribution is -0.274. The van der Waals surface area contributed by atoms with Gasteiger partial charge in [-0.2, -0.15) is 0 Å². The second kappa shape index (κ2) is 8.29. The first-order valence-corrected chi connectivity index (χ1v) is 9.24. The number of ether oxygens (including phenoxy) is 1. The molecule has 0 aliphatic carbocycles. The van der Waals surface area contributed by atoms with Crippen LogP contribution in [0.5, 0.6) is 5.75 Å². The van der Waals surface area contributed by atoms with Crippen molar-refractivity contribution in [1.29, 1.82) is 0 Å². The summed E-state index contributed by atoms with van der Waals surface area (Å²) in [4.78, 5) is 25.9. The number of anilines is 2. The Hall–Kier alpha value is -3.96. The van der Waals surface area contributed by atoms with Crippen molar-refractivity contribution in [3.8, 4) is 5.75 Å². The number of halogens is 4. The van der Waals surface area contributed by atoms with Crippen LogP contribution in [0.15, 0.2) is 52.9 Å². The van der Waals surface area contributed by atoms with E-state index in [0.29, 0.717) is 5.69 Å². The van der Waals surface area contributed by atoms with Crippen molar-refractivity contribution in [2.75, 3.05) is 16.8 Å². The zero-order valence-electron chi connectivity index (χ0n) is 16.1. The van der Waals surface area contributed by atoms with E-state index in [1.165, 1.54) is 29.2 Å². The summed E-state index contributed by atoms with van der Waals surface area (Å²) in [6.45, 7) is 0.159. The number of rotatable bonds is 5. The molecule has 1 atom stereocenters. The summed E-state index contributed by atoms with van der Waals surface area (Å²) >= 11 is 0. The number of nitrogens with one attached hydrogen (secondary N) is 1. The number of hydrogen-bond acceptors (Lipinski definition) is 6. The lowest BCUT2D eigenvalue weighted by Gasteiger charge is -2.17. The average Bonchev–Trinajstić information content (AvgIpc) is 3.34. The van der Waals surface area contributed by atoms with Crippen LogP contribution in [0.25, 0.3) is 0 Å². The Morgan fingerprint density at radius 2 is 1.78 bits per heavy atom. The third-order valence-electron chi connectivity index (χ3n) is 4.62. The van der Waals surface area contributed by atoms with Crippen LogP contribution in [0.4, 0.5) is 29.3 Å². The maximum absolute atomic E-state index is 13.0. The van der Waals surface area contributed by atoms with Crippen LogP contribution in [0.1, 0.15) is 28.6 Å². The first-order valence-electron chi connectivity index (χ1n) is 9.24. The van der Waals surface area contributed by atoms with Gasteiger partial charge in [0.1, 0.15) is 11.6 Å². The van der Waals surface area contributed by atoms with Crippen LogP contribution < -0.4 is 15.0 Å². The quantitative estimate of drug-likeness (QED) is 0.593. The van der Waals surface area contributed by atoms with E-state index in [9.17, 15) is 27.2 Å². The van der Waals surface area contributed by atoms with E-state index in [-0.39, 0.29) is 36.3 Å². The van der Waals surface area contributed by atoms with Crippen molar-refractivity contribution in [3.63, 3.8) is 0 Å². The van der Waals surface area contributed by atoms with Crippen molar-refractivity contribution < 1.29 is 36.3 Å². The van der Waals surface area contributed by atoms with E-state index >= 15 is 0 Å². The minimum absolute atomic E-state index is 0.0361. The Morgan fingerprint density at radius 3 is 2.44 bits per heavy atom. The summed E-state index contributed by atoms with van der Waals surface area (Å²) in [5.41, 5.74) is 0.572. The van der Waals surface area contributed by atoms with Crippen LogP contribution in [-0.2, 0) is 4.79 Å². The van der Waals surface area contributed by atoms with Gasteiger partial charge in [-0.1, -0.05) is 5.10 Å². The van der Waals surface area contributed by atoms with Gasteiger partial charge < -0.3 is 14.1 Å². The van der Waals surface area contributed by atoms with Crippen molar-refractivity contribution >= 4 is 23.5 Å². The molecule has 3 aromatic rings. The maximum atomic E-state index is 13.0. The van der Waals surface area contributed by atoms with Crippen molar-refractivity contribution in [2.24, 2.45) is 0 Å². The van der Waals surface area contributed by atoms with E-state index in [4.69, 9.17) is 4.42 Å². The molecule has 4 rings (SSSR count).